The fourth-order valence-electron chi connectivity index (χ4n) is 2.29. The fourth-order valence-corrected chi connectivity index (χ4v) is 2.29. The lowest BCUT2D eigenvalue weighted by Gasteiger charge is -2.24. The molecule has 0 fully saturated rings. The van der Waals surface area contributed by atoms with Crippen molar-refractivity contribution in [2.45, 2.75) is 12.1 Å². The van der Waals surface area contributed by atoms with Crippen molar-refractivity contribution in [2.24, 2.45) is 0 Å². The number of imidazole rings is 1. The van der Waals surface area contributed by atoms with E-state index in [-0.39, 0.29) is 0 Å². The number of pyridine rings is 1. The van der Waals surface area contributed by atoms with E-state index in [9.17, 15) is 5.11 Å². The first-order valence-electron chi connectivity index (χ1n) is 7.10. The van der Waals surface area contributed by atoms with E-state index >= 15 is 0 Å². The summed E-state index contributed by atoms with van der Waals surface area (Å²) in [5.74, 6) is 0. The summed E-state index contributed by atoms with van der Waals surface area (Å²) in [5.41, 5.74) is 0.441. The van der Waals surface area contributed by atoms with Gasteiger partial charge < -0.3 is 9.67 Å². The molecule has 0 spiro atoms. The summed E-state index contributed by atoms with van der Waals surface area (Å²) < 4.78 is 1.84. The van der Waals surface area contributed by atoms with Crippen LogP contribution in [0.4, 0.5) is 0 Å². The molecular formula is C18H17N3O. The summed E-state index contributed by atoms with van der Waals surface area (Å²) in [4.78, 5) is 8.33. The molecule has 0 aliphatic heterocycles. The van der Waals surface area contributed by atoms with Crippen molar-refractivity contribution in [2.75, 3.05) is 0 Å². The zero-order chi connectivity index (χ0) is 15.3. The van der Waals surface area contributed by atoms with Gasteiger partial charge in [-0.1, -0.05) is 42.5 Å². The van der Waals surface area contributed by atoms with Crippen LogP contribution in [0.15, 0.2) is 79.5 Å². The van der Waals surface area contributed by atoms with E-state index in [1.54, 1.807) is 24.8 Å². The van der Waals surface area contributed by atoms with Gasteiger partial charge in [-0.15, -0.1) is 0 Å². The van der Waals surface area contributed by atoms with Crippen molar-refractivity contribution >= 4 is 6.08 Å². The van der Waals surface area contributed by atoms with Crippen LogP contribution in [0.2, 0.25) is 0 Å². The molecule has 2 aromatic heterocycles. The van der Waals surface area contributed by atoms with Gasteiger partial charge in [0.15, 0.2) is 0 Å². The Morgan fingerprint density at radius 3 is 2.55 bits per heavy atom. The van der Waals surface area contributed by atoms with Gasteiger partial charge in [-0.3, -0.25) is 4.98 Å². The third-order valence-corrected chi connectivity index (χ3v) is 3.44. The first-order valence-corrected chi connectivity index (χ1v) is 7.10. The van der Waals surface area contributed by atoms with Gasteiger partial charge in [-0.25, -0.2) is 4.98 Å². The lowest BCUT2D eigenvalue weighted by Crippen LogP contribution is -2.29. The first kappa shape index (κ1) is 14.2. The molecule has 0 bridgehead atoms. The molecular weight excluding hydrogens is 274 g/mol. The zero-order valence-electron chi connectivity index (χ0n) is 12.1. The number of benzene rings is 1. The molecule has 0 amide bonds. The molecule has 0 radical (unpaired) electrons. The molecule has 110 valence electrons. The van der Waals surface area contributed by atoms with E-state index in [1.165, 1.54) is 0 Å². The SMILES string of the molecule is O[C@@](/C=C\c1ccccc1)(Cn1ccnc1)c1ccccn1. The van der Waals surface area contributed by atoms with E-state index in [0.29, 0.717) is 12.2 Å². The van der Waals surface area contributed by atoms with Crippen molar-refractivity contribution in [3.05, 3.63) is 90.8 Å². The van der Waals surface area contributed by atoms with Gasteiger partial charge in [0.25, 0.3) is 0 Å². The van der Waals surface area contributed by atoms with E-state index in [0.717, 1.165) is 5.56 Å². The lowest BCUT2D eigenvalue weighted by atomic mass is 9.97. The molecule has 0 unspecified atom stereocenters. The number of nitrogens with zero attached hydrogens (tertiary/aromatic N) is 3. The molecule has 0 aliphatic rings. The molecule has 1 atom stereocenters. The summed E-state index contributed by atoms with van der Waals surface area (Å²) >= 11 is 0. The van der Waals surface area contributed by atoms with Crippen molar-refractivity contribution < 1.29 is 5.11 Å². The van der Waals surface area contributed by atoms with Crippen LogP contribution in [0.25, 0.3) is 6.08 Å². The summed E-state index contributed by atoms with van der Waals surface area (Å²) in [5, 5.41) is 11.1. The lowest BCUT2D eigenvalue weighted by molar-refractivity contribution is 0.0659. The van der Waals surface area contributed by atoms with Crippen LogP contribution in [0.1, 0.15) is 11.3 Å². The summed E-state index contributed by atoms with van der Waals surface area (Å²) in [6.45, 7) is 0.355. The third kappa shape index (κ3) is 3.30. The van der Waals surface area contributed by atoms with Crippen LogP contribution >= 0.6 is 0 Å². The van der Waals surface area contributed by atoms with E-state index in [2.05, 4.69) is 9.97 Å². The smallest absolute Gasteiger partial charge is 0.143 e. The maximum absolute atomic E-state index is 11.1. The highest BCUT2D eigenvalue weighted by molar-refractivity contribution is 5.51. The molecule has 0 aliphatic carbocycles. The van der Waals surface area contributed by atoms with Crippen LogP contribution in [0.5, 0.6) is 0 Å². The molecule has 1 aromatic carbocycles. The third-order valence-electron chi connectivity index (χ3n) is 3.44. The average molecular weight is 291 g/mol. The van der Waals surface area contributed by atoms with Crippen LogP contribution in [0.3, 0.4) is 0 Å². The number of aliphatic hydroxyl groups is 1. The average Bonchev–Trinajstić information content (AvgIpc) is 3.08. The molecule has 22 heavy (non-hydrogen) atoms. The Balaban J connectivity index is 1.94. The predicted molar refractivity (Wildman–Crippen MR) is 85.8 cm³/mol. The van der Waals surface area contributed by atoms with Crippen molar-refractivity contribution in [1.82, 2.24) is 14.5 Å². The Morgan fingerprint density at radius 1 is 1.05 bits per heavy atom. The topological polar surface area (TPSA) is 50.9 Å². The Hall–Kier alpha value is -2.72. The van der Waals surface area contributed by atoms with Crippen molar-refractivity contribution in [3.63, 3.8) is 0 Å². The molecule has 3 rings (SSSR count). The highest BCUT2D eigenvalue weighted by atomic mass is 16.3. The molecule has 4 nitrogen and oxygen atoms in total. The maximum Gasteiger partial charge on any atom is 0.143 e. The van der Waals surface area contributed by atoms with Gasteiger partial charge in [-0.2, -0.15) is 0 Å². The van der Waals surface area contributed by atoms with Gasteiger partial charge >= 0.3 is 0 Å². The van der Waals surface area contributed by atoms with Crippen LogP contribution < -0.4 is 0 Å². The molecule has 4 heteroatoms. The number of aromatic nitrogens is 3. The van der Waals surface area contributed by atoms with E-state index in [1.807, 2.05) is 65.4 Å². The Bertz CT molecular complexity index is 724. The second-order valence-corrected chi connectivity index (χ2v) is 5.12. The second-order valence-electron chi connectivity index (χ2n) is 5.12. The molecule has 1 N–H and O–H groups in total. The van der Waals surface area contributed by atoms with Crippen LogP contribution in [-0.4, -0.2) is 19.6 Å². The molecule has 0 saturated heterocycles. The van der Waals surface area contributed by atoms with Gasteiger partial charge in [0.05, 0.1) is 18.6 Å². The highest BCUT2D eigenvalue weighted by Crippen LogP contribution is 2.24. The predicted octanol–water partition coefficient (Wildman–Crippen LogP) is 2.88. The zero-order valence-corrected chi connectivity index (χ0v) is 12.1. The monoisotopic (exact) mass is 291 g/mol. The van der Waals surface area contributed by atoms with Gasteiger partial charge in [-0.05, 0) is 23.8 Å². The summed E-state index contributed by atoms with van der Waals surface area (Å²) in [6.07, 6.45) is 10.6. The van der Waals surface area contributed by atoms with Crippen LogP contribution in [0, 0.1) is 0 Å². The summed E-state index contributed by atoms with van der Waals surface area (Å²) in [7, 11) is 0. The minimum Gasteiger partial charge on any atom is -0.377 e. The maximum atomic E-state index is 11.1. The van der Waals surface area contributed by atoms with Crippen molar-refractivity contribution in [1.29, 1.82) is 0 Å². The van der Waals surface area contributed by atoms with Gasteiger partial charge in [0.1, 0.15) is 5.60 Å². The molecule has 3 aromatic rings. The normalized spacial score (nSPS) is 14.0. The minimum atomic E-state index is -1.20. The standard InChI is InChI=1S/C18H17N3O/c22-18(14-21-13-12-19-15-21,17-8-4-5-11-20-17)10-9-16-6-2-1-3-7-16/h1-13,15,22H,14H2/b10-9-/t18-/m0/s1. The number of hydrogen-bond acceptors (Lipinski definition) is 3. The number of rotatable bonds is 5. The second kappa shape index (κ2) is 6.37. The van der Waals surface area contributed by atoms with Gasteiger partial charge in [0.2, 0.25) is 0 Å². The quantitative estimate of drug-likeness (QED) is 0.786. The Morgan fingerprint density at radius 2 is 1.86 bits per heavy atom. The Labute approximate surface area is 129 Å². The van der Waals surface area contributed by atoms with Gasteiger partial charge in [0, 0.05) is 18.6 Å². The largest absolute Gasteiger partial charge is 0.377 e. The fraction of sp³-hybridized carbons (Fsp3) is 0.111. The molecule has 2 heterocycles. The summed E-state index contributed by atoms with van der Waals surface area (Å²) in [6, 6.07) is 15.4. The van der Waals surface area contributed by atoms with Crippen LogP contribution in [-0.2, 0) is 12.1 Å². The molecule has 0 saturated carbocycles. The van der Waals surface area contributed by atoms with Crippen molar-refractivity contribution in [3.8, 4) is 0 Å². The van der Waals surface area contributed by atoms with E-state index < -0.39 is 5.60 Å². The first-order chi connectivity index (χ1) is 10.8. The minimum absolute atomic E-state index is 0.355. The highest BCUT2D eigenvalue weighted by Gasteiger charge is 2.28. The number of hydrogen-bond donors (Lipinski definition) is 1. The Kier molecular flexibility index (Phi) is 4.12. The van der Waals surface area contributed by atoms with E-state index in [4.69, 9.17) is 0 Å².